The maximum Gasteiger partial charge on any atom is 1.00 e. The van der Waals surface area contributed by atoms with E-state index in [2.05, 4.69) is 0 Å². The van der Waals surface area contributed by atoms with Gasteiger partial charge in [-0.1, -0.05) is 0 Å². The second kappa shape index (κ2) is 9.82. The first kappa shape index (κ1) is 15.6. The van der Waals surface area contributed by atoms with Gasteiger partial charge in [0, 0.05) is 4.57 Å². The van der Waals surface area contributed by atoms with Crippen LogP contribution in [-0.4, -0.2) is 29.6 Å². The van der Waals surface area contributed by atoms with Crippen LogP contribution in [0.3, 0.4) is 0 Å². The van der Waals surface area contributed by atoms with Crippen LogP contribution in [0.1, 0.15) is 1.43 Å². The zero-order valence-electron chi connectivity index (χ0n) is 3.75. The molecule has 0 heterocycles. The predicted octanol–water partition coefficient (Wildman–Crippen LogP) is -4.44. The molecule has 0 atom stereocenters. The Balaban J connectivity index is -0.0000000150. The van der Waals surface area contributed by atoms with Crippen molar-refractivity contribution in [2.45, 2.75) is 0 Å². The second-order valence-corrected chi connectivity index (χ2v) is 0.758. The van der Waals surface area contributed by atoms with Crippen LogP contribution in [0.25, 0.3) is 0 Å². The monoisotopic (exact) mass is 177 g/mol. The summed E-state index contributed by atoms with van der Waals surface area (Å²) in [6, 6.07) is 0. The molecule has 0 saturated heterocycles. The molecule has 0 aromatic carbocycles. The molecule has 0 aromatic rings. The van der Waals surface area contributed by atoms with Crippen molar-refractivity contribution in [3.05, 3.63) is 0 Å². The SMILES string of the molecule is O=[P+](O)O.[GaH3].[H-].[Na+]. The fourth-order valence-corrected chi connectivity index (χ4v) is 0. The Morgan fingerprint density at radius 2 is 1.50 bits per heavy atom. The van der Waals surface area contributed by atoms with E-state index in [-0.39, 0.29) is 50.8 Å². The fraction of sp³-hybridized carbons (Fsp3) is 0. The molecule has 0 aliphatic carbocycles. The Kier molecular flexibility index (Phi) is 25.6. The van der Waals surface area contributed by atoms with Gasteiger partial charge in [-0.3, -0.25) is 0 Å². The molecule has 0 aromatic heterocycles. The summed E-state index contributed by atoms with van der Waals surface area (Å²) in [6.45, 7) is 0. The minimum Gasteiger partial charge on any atom is -1.00 e. The molecule has 0 radical (unpaired) electrons. The molecular weight excluding hydrogens is 172 g/mol. The van der Waals surface area contributed by atoms with Crippen LogP contribution in [0, 0.1) is 0 Å². The van der Waals surface area contributed by atoms with Gasteiger partial charge in [-0.05, 0) is 0 Å². The Bertz CT molecular complexity index is 37.9. The van der Waals surface area contributed by atoms with Gasteiger partial charge in [-0.15, -0.1) is 9.79 Å². The molecule has 0 fully saturated rings. The zero-order chi connectivity index (χ0) is 3.58. The summed E-state index contributed by atoms with van der Waals surface area (Å²) in [4.78, 5) is 14.2. The molecule has 2 N–H and O–H groups in total. The van der Waals surface area contributed by atoms with E-state index in [0.717, 1.165) is 0 Å². The fourth-order valence-electron chi connectivity index (χ4n) is 0. The van der Waals surface area contributed by atoms with Crippen LogP contribution in [0.15, 0.2) is 0 Å². The Hall–Kier alpha value is 1.66. The van der Waals surface area contributed by atoms with E-state index in [4.69, 9.17) is 14.4 Å². The first-order valence-corrected chi connectivity index (χ1v) is 1.75. The van der Waals surface area contributed by atoms with E-state index in [1.807, 2.05) is 0 Å². The summed E-state index contributed by atoms with van der Waals surface area (Å²) in [6.07, 6.45) is 0. The molecule has 6 heteroatoms. The van der Waals surface area contributed by atoms with Crippen molar-refractivity contribution in [1.29, 1.82) is 0 Å². The van der Waals surface area contributed by atoms with Gasteiger partial charge in [0.05, 0.1) is 0 Å². The molecule has 0 bridgehead atoms. The van der Waals surface area contributed by atoms with Crippen LogP contribution in [0.2, 0.25) is 0 Å². The maximum absolute atomic E-state index is 8.70. The molecule has 3 nitrogen and oxygen atoms in total. The number of rotatable bonds is 0. The summed E-state index contributed by atoms with van der Waals surface area (Å²) in [5.41, 5.74) is 0. The third-order valence-corrected chi connectivity index (χ3v) is 0. The third-order valence-electron chi connectivity index (χ3n) is 0. The molecule has 32 valence electrons. The molecule has 0 aliphatic rings. The average molecular weight is 178 g/mol. The summed E-state index contributed by atoms with van der Waals surface area (Å²) in [5.74, 6) is 0. The Labute approximate surface area is 72.9 Å². The first-order chi connectivity index (χ1) is 1.73. The van der Waals surface area contributed by atoms with Crippen molar-refractivity contribution in [3.63, 3.8) is 0 Å². The van der Waals surface area contributed by atoms with Crippen LogP contribution in [-0.2, 0) is 4.57 Å². The van der Waals surface area contributed by atoms with E-state index in [0.29, 0.717) is 0 Å². The largest absolute Gasteiger partial charge is 1.00 e. The Morgan fingerprint density at radius 1 is 1.50 bits per heavy atom. The van der Waals surface area contributed by atoms with Crippen LogP contribution >= 0.6 is 8.25 Å². The maximum atomic E-state index is 8.70. The van der Waals surface area contributed by atoms with Crippen molar-refractivity contribution >= 4 is 28.0 Å². The van der Waals surface area contributed by atoms with E-state index < -0.39 is 8.25 Å². The Morgan fingerprint density at radius 3 is 1.50 bits per heavy atom. The summed E-state index contributed by atoms with van der Waals surface area (Å²) < 4.78 is 8.70. The summed E-state index contributed by atoms with van der Waals surface area (Å²) >= 11 is 0. The van der Waals surface area contributed by atoms with E-state index in [1.54, 1.807) is 0 Å². The van der Waals surface area contributed by atoms with Crippen molar-refractivity contribution in [1.82, 2.24) is 0 Å². The van der Waals surface area contributed by atoms with Gasteiger partial charge < -0.3 is 1.43 Å². The van der Waals surface area contributed by atoms with Gasteiger partial charge in [0.25, 0.3) is 0 Å². The average Bonchev–Trinajstić information content (AvgIpc) is 0.811. The van der Waals surface area contributed by atoms with Crippen molar-refractivity contribution in [2.75, 3.05) is 0 Å². The molecule has 0 spiro atoms. The van der Waals surface area contributed by atoms with Crippen molar-refractivity contribution < 1.29 is 45.3 Å². The molecular formula is H6GaNaO3P+. The van der Waals surface area contributed by atoms with Gasteiger partial charge in [-0.25, -0.2) is 0 Å². The van der Waals surface area contributed by atoms with Crippen molar-refractivity contribution in [3.8, 4) is 0 Å². The zero-order valence-corrected chi connectivity index (χ0v) is 5.64. The molecule has 0 rings (SSSR count). The predicted molar refractivity (Wildman–Crippen MR) is 23.1 cm³/mol. The van der Waals surface area contributed by atoms with Gasteiger partial charge in [0.2, 0.25) is 0 Å². The normalized spacial score (nSPS) is 4.33. The first-order valence-electron chi connectivity index (χ1n) is 0.583. The van der Waals surface area contributed by atoms with Crippen LogP contribution < -0.4 is 29.6 Å². The van der Waals surface area contributed by atoms with Crippen LogP contribution in [0.5, 0.6) is 0 Å². The quantitative estimate of drug-likeness (QED) is 0.290. The van der Waals surface area contributed by atoms with E-state index in [9.17, 15) is 0 Å². The molecule has 0 amide bonds. The van der Waals surface area contributed by atoms with Gasteiger partial charge in [0.1, 0.15) is 0 Å². The molecule has 0 aliphatic heterocycles. The summed E-state index contributed by atoms with van der Waals surface area (Å²) in [7, 11) is -2.87. The third kappa shape index (κ3) is 44.7. The molecule has 0 unspecified atom stereocenters. The van der Waals surface area contributed by atoms with Gasteiger partial charge in [-0.2, -0.15) is 0 Å². The second-order valence-electron chi connectivity index (χ2n) is 0.253. The van der Waals surface area contributed by atoms with Crippen molar-refractivity contribution in [2.24, 2.45) is 0 Å². The molecule has 0 saturated carbocycles. The minimum absolute atomic E-state index is 0. The standard InChI is InChI=1S/Ga.Na.HO3P.4H/c;;1-4(2)3;;;;/h;;(H-,1,2,3);;;;/q;+1;;;;;-1/p+1. The van der Waals surface area contributed by atoms with Gasteiger partial charge >= 0.3 is 57.6 Å². The molecule has 6 heavy (non-hydrogen) atoms. The number of hydrogen-bond acceptors (Lipinski definition) is 1. The van der Waals surface area contributed by atoms with Gasteiger partial charge in [0.15, 0.2) is 0 Å². The topological polar surface area (TPSA) is 57.5 Å². The summed E-state index contributed by atoms with van der Waals surface area (Å²) in [5, 5.41) is 0. The van der Waals surface area contributed by atoms with Crippen LogP contribution in [0.4, 0.5) is 0 Å². The number of hydrogen-bond donors (Lipinski definition) is 2. The minimum atomic E-state index is -2.87. The smallest absolute Gasteiger partial charge is 1.00 e. The van der Waals surface area contributed by atoms with E-state index in [1.165, 1.54) is 0 Å². The van der Waals surface area contributed by atoms with E-state index >= 15 is 0 Å².